The summed E-state index contributed by atoms with van der Waals surface area (Å²) in [7, 11) is 2.89. The van der Waals surface area contributed by atoms with Crippen LogP contribution in [0.15, 0.2) is 66.2 Å². The zero-order valence-corrected chi connectivity index (χ0v) is 22.0. The molecule has 1 N–H and O–H groups in total. The number of amides is 1. The third-order valence-electron chi connectivity index (χ3n) is 5.91. The van der Waals surface area contributed by atoms with Crippen LogP contribution in [-0.4, -0.2) is 37.6 Å². The van der Waals surface area contributed by atoms with Crippen molar-refractivity contribution in [1.29, 1.82) is 0 Å². The number of hydrogen-bond donors (Lipinski definition) is 1. The van der Waals surface area contributed by atoms with Gasteiger partial charge in [-0.1, -0.05) is 48.3 Å². The molecule has 0 aliphatic carbocycles. The van der Waals surface area contributed by atoms with E-state index < -0.39 is 23.5 Å². The second kappa shape index (κ2) is 11.2. The zero-order valence-electron chi connectivity index (χ0n) is 20.5. The van der Waals surface area contributed by atoms with Gasteiger partial charge in [-0.2, -0.15) is 0 Å². The average Bonchev–Trinajstić information content (AvgIpc) is 3.17. The summed E-state index contributed by atoms with van der Waals surface area (Å²) in [5.41, 5.74) is 0.968. The fourth-order valence-electron chi connectivity index (χ4n) is 4.23. The molecule has 0 bridgehead atoms. The number of ether oxygens (including phenoxy) is 3. The second-order valence-corrected chi connectivity index (χ2v) is 9.10. The molecule has 7 nitrogen and oxygen atoms in total. The quantitative estimate of drug-likeness (QED) is 0.201. The SMILES string of the molecule is CCCOc1ccc(C2/C(=C(\O)c3cc(Cl)cc(Cl)c3OC)C(=O)C(=O)N2c2cccc(OC)c2)cc1. The minimum absolute atomic E-state index is 0.0940. The smallest absolute Gasteiger partial charge is 0.300 e. The molecule has 0 radical (unpaired) electrons. The van der Waals surface area contributed by atoms with Gasteiger partial charge in [-0.15, -0.1) is 0 Å². The molecule has 1 aliphatic rings. The van der Waals surface area contributed by atoms with E-state index in [1.165, 1.54) is 31.3 Å². The summed E-state index contributed by atoms with van der Waals surface area (Å²) in [6.07, 6.45) is 0.849. The van der Waals surface area contributed by atoms with Gasteiger partial charge in [0, 0.05) is 16.8 Å². The van der Waals surface area contributed by atoms with Crippen molar-refractivity contribution in [2.45, 2.75) is 19.4 Å². The molecule has 3 aromatic rings. The summed E-state index contributed by atoms with van der Waals surface area (Å²) in [5.74, 6) is -0.857. The molecule has 3 aromatic carbocycles. The van der Waals surface area contributed by atoms with E-state index in [0.717, 1.165) is 6.42 Å². The molecule has 1 fully saturated rings. The van der Waals surface area contributed by atoms with Gasteiger partial charge in [-0.3, -0.25) is 14.5 Å². The topological polar surface area (TPSA) is 85.3 Å². The van der Waals surface area contributed by atoms with E-state index in [1.54, 1.807) is 48.5 Å². The van der Waals surface area contributed by atoms with Crippen LogP contribution in [0, 0.1) is 0 Å². The molecule has 0 aromatic heterocycles. The van der Waals surface area contributed by atoms with Gasteiger partial charge in [0.25, 0.3) is 11.7 Å². The lowest BCUT2D eigenvalue weighted by atomic mass is 9.94. The zero-order chi connectivity index (χ0) is 26.7. The Morgan fingerprint density at radius 1 is 0.973 bits per heavy atom. The highest BCUT2D eigenvalue weighted by atomic mass is 35.5. The van der Waals surface area contributed by atoms with Crippen LogP contribution in [0.5, 0.6) is 17.2 Å². The van der Waals surface area contributed by atoms with E-state index in [1.807, 2.05) is 6.92 Å². The number of benzene rings is 3. The van der Waals surface area contributed by atoms with Crippen LogP contribution in [0.3, 0.4) is 0 Å². The fourth-order valence-corrected chi connectivity index (χ4v) is 4.80. The van der Waals surface area contributed by atoms with Crippen LogP contribution in [0.1, 0.15) is 30.5 Å². The molecular formula is C28H25Cl2NO6. The van der Waals surface area contributed by atoms with Gasteiger partial charge in [0.2, 0.25) is 0 Å². The summed E-state index contributed by atoms with van der Waals surface area (Å²) >= 11 is 12.5. The molecule has 0 spiro atoms. The van der Waals surface area contributed by atoms with E-state index in [-0.39, 0.29) is 26.9 Å². The molecule has 1 atom stereocenters. The summed E-state index contributed by atoms with van der Waals surface area (Å²) < 4.78 is 16.4. The molecule has 192 valence electrons. The van der Waals surface area contributed by atoms with E-state index >= 15 is 0 Å². The van der Waals surface area contributed by atoms with Gasteiger partial charge < -0.3 is 19.3 Å². The molecule has 1 heterocycles. The Morgan fingerprint density at radius 2 is 1.70 bits per heavy atom. The van der Waals surface area contributed by atoms with Crippen LogP contribution in [0.2, 0.25) is 10.0 Å². The van der Waals surface area contributed by atoms with Crippen LogP contribution >= 0.6 is 23.2 Å². The van der Waals surface area contributed by atoms with Crippen molar-refractivity contribution in [1.82, 2.24) is 0 Å². The molecule has 4 rings (SSSR count). The second-order valence-electron chi connectivity index (χ2n) is 8.26. The summed E-state index contributed by atoms with van der Waals surface area (Å²) in [6, 6.07) is 15.7. The highest BCUT2D eigenvalue weighted by molar-refractivity contribution is 6.52. The highest BCUT2D eigenvalue weighted by Crippen LogP contribution is 2.45. The molecule has 1 saturated heterocycles. The van der Waals surface area contributed by atoms with Crippen LogP contribution < -0.4 is 19.1 Å². The van der Waals surface area contributed by atoms with E-state index in [9.17, 15) is 14.7 Å². The molecule has 9 heteroatoms. The number of Topliss-reactive ketones (excluding diaryl/α,β-unsaturated/α-hetero) is 1. The van der Waals surface area contributed by atoms with Crippen molar-refractivity contribution < 1.29 is 28.9 Å². The van der Waals surface area contributed by atoms with Crippen LogP contribution in [0.25, 0.3) is 5.76 Å². The number of nitrogens with zero attached hydrogens (tertiary/aromatic N) is 1. The van der Waals surface area contributed by atoms with Gasteiger partial charge in [0.1, 0.15) is 23.0 Å². The molecule has 37 heavy (non-hydrogen) atoms. The Morgan fingerprint density at radius 3 is 2.35 bits per heavy atom. The number of halogens is 2. The maximum Gasteiger partial charge on any atom is 0.300 e. The largest absolute Gasteiger partial charge is 0.507 e. The monoisotopic (exact) mass is 541 g/mol. The number of carbonyl (C=O) groups is 2. The van der Waals surface area contributed by atoms with Crippen molar-refractivity contribution in [3.63, 3.8) is 0 Å². The van der Waals surface area contributed by atoms with Crippen LogP contribution in [0.4, 0.5) is 5.69 Å². The number of rotatable bonds is 8. The maximum absolute atomic E-state index is 13.4. The minimum Gasteiger partial charge on any atom is -0.507 e. The predicted molar refractivity (Wildman–Crippen MR) is 143 cm³/mol. The van der Waals surface area contributed by atoms with E-state index in [2.05, 4.69) is 0 Å². The lowest BCUT2D eigenvalue weighted by Gasteiger charge is -2.26. The standard InChI is InChI=1S/C28H25Cl2NO6/c1-4-12-37-19-10-8-16(9-11-19)24-23(25(32)21-13-17(29)14-22(30)27(21)36-3)26(33)28(34)31(24)18-6-5-7-20(15-18)35-2/h5-11,13-15,24,32H,4,12H2,1-3H3/b25-23+. The number of aliphatic hydroxyl groups excluding tert-OH is 1. The first-order valence-corrected chi connectivity index (χ1v) is 12.3. The van der Waals surface area contributed by atoms with Crippen molar-refractivity contribution in [2.75, 3.05) is 25.7 Å². The van der Waals surface area contributed by atoms with Gasteiger partial charge in [0.15, 0.2) is 0 Å². The van der Waals surface area contributed by atoms with Crippen LogP contribution in [-0.2, 0) is 9.59 Å². The summed E-state index contributed by atoms with van der Waals surface area (Å²) in [4.78, 5) is 28.2. The summed E-state index contributed by atoms with van der Waals surface area (Å²) in [6.45, 7) is 2.56. The van der Waals surface area contributed by atoms with Crippen molar-refractivity contribution in [2.24, 2.45) is 0 Å². The van der Waals surface area contributed by atoms with Gasteiger partial charge >= 0.3 is 0 Å². The summed E-state index contributed by atoms with van der Waals surface area (Å²) in [5, 5.41) is 11.8. The Bertz CT molecular complexity index is 1370. The third-order valence-corrected chi connectivity index (χ3v) is 6.41. The first-order chi connectivity index (χ1) is 17.8. The predicted octanol–water partition coefficient (Wildman–Crippen LogP) is 6.43. The highest BCUT2D eigenvalue weighted by Gasteiger charge is 2.47. The third kappa shape index (κ3) is 5.10. The van der Waals surface area contributed by atoms with Gasteiger partial charge in [-0.25, -0.2) is 0 Å². The van der Waals surface area contributed by atoms with E-state index in [0.29, 0.717) is 29.4 Å². The Balaban J connectivity index is 1.95. The first kappa shape index (κ1) is 26.4. The molecule has 1 aliphatic heterocycles. The number of methoxy groups -OCH3 is 2. The number of anilines is 1. The normalized spacial score (nSPS) is 16.7. The molecular weight excluding hydrogens is 517 g/mol. The first-order valence-electron chi connectivity index (χ1n) is 11.5. The van der Waals surface area contributed by atoms with Crippen molar-refractivity contribution >= 4 is 46.3 Å². The number of ketones is 1. The molecule has 1 unspecified atom stereocenters. The molecule has 1 amide bonds. The van der Waals surface area contributed by atoms with Crippen molar-refractivity contribution in [3.8, 4) is 17.2 Å². The Labute approximate surface area is 224 Å². The molecule has 0 saturated carbocycles. The lowest BCUT2D eigenvalue weighted by Crippen LogP contribution is -2.29. The van der Waals surface area contributed by atoms with E-state index in [4.69, 9.17) is 37.4 Å². The maximum atomic E-state index is 13.4. The Kier molecular flexibility index (Phi) is 7.95. The lowest BCUT2D eigenvalue weighted by molar-refractivity contribution is -0.132. The Hall–Kier alpha value is -3.68. The number of aliphatic hydroxyl groups is 1. The fraction of sp³-hybridized carbons (Fsp3) is 0.214. The number of hydrogen-bond acceptors (Lipinski definition) is 6. The minimum atomic E-state index is -0.963. The van der Waals surface area contributed by atoms with Gasteiger partial charge in [-0.05, 0) is 48.4 Å². The van der Waals surface area contributed by atoms with Gasteiger partial charge in [0.05, 0.1) is 43.0 Å². The average molecular weight is 542 g/mol. The number of carbonyl (C=O) groups excluding carboxylic acids is 2. The van der Waals surface area contributed by atoms with Crippen molar-refractivity contribution in [3.05, 3.63) is 87.4 Å².